The molecule has 0 aliphatic heterocycles. The van der Waals surface area contributed by atoms with Gasteiger partial charge >= 0.3 is 5.97 Å². The molecule has 0 spiro atoms. The lowest BCUT2D eigenvalue weighted by atomic mass is 10.1. The maximum Gasteiger partial charge on any atom is 0.341 e. The molecule has 0 radical (unpaired) electrons. The van der Waals surface area contributed by atoms with Crippen molar-refractivity contribution in [2.24, 2.45) is 0 Å². The van der Waals surface area contributed by atoms with Crippen molar-refractivity contribution in [3.05, 3.63) is 36.2 Å². The third-order valence-electron chi connectivity index (χ3n) is 2.79. The van der Waals surface area contributed by atoms with Crippen LogP contribution in [0, 0.1) is 0 Å². The lowest BCUT2D eigenvalue weighted by molar-refractivity contribution is -0.114. The van der Waals surface area contributed by atoms with E-state index >= 15 is 0 Å². The average Bonchev–Trinajstić information content (AvgIpc) is 2.99. The van der Waals surface area contributed by atoms with Gasteiger partial charge in [-0.2, -0.15) is 5.10 Å². The fourth-order valence-electron chi connectivity index (χ4n) is 1.90. The Kier molecular flexibility index (Phi) is 4.22. The van der Waals surface area contributed by atoms with Gasteiger partial charge in [0.05, 0.1) is 25.6 Å². The molecule has 0 bridgehead atoms. The number of nitrogens with one attached hydrogen (secondary N) is 1. The van der Waals surface area contributed by atoms with E-state index in [-0.39, 0.29) is 11.5 Å². The molecule has 0 saturated heterocycles. The van der Waals surface area contributed by atoms with Crippen molar-refractivity contribution in [1.82, 2.24) is 9.78 Å². The van der Waals surface area contributed by atoms with Crippen LogP contribution in [0.4, 0.5) is 5.69 Å². The second-order valence-corrected chi connectivity index (χ2v) is 4.19. The van der Waals surface area contributed by atoms with Crippen LogP contribution in [0.15, 0.2) is 30.6 Å². The molecular weight excluding hydrogens is 274 g/mol. The van der Waals surface area contributed by atoms with Crippen LogP contribution in [-0.2, 0) is 9.53 Å². The number of amides is 1. The minimum atomic E-state index is -0.533. The molecular formula is C14H15N3O4. The molecule has 1 amide bonds. The number of methoxy groups -OCH3 is 2. The summed E-state index contributed by atoms with van der Waals surface area (Å²) >= 11 is 0. The van der Waals surface area contributed by atoms with Crippen LogP contribution in [0.3, 0.4) is 0 Å². The molecule has 1 N–H and O–H groups in total. The van der Waals surface area contributed by atoms with Gasteiger partial charge in [0.1, 0.15) is 11.3 Å². The van der Waals surface area contributed by atoms with Crippen LogP contribution >= 0.6 is 0 Å². The fourth-order valence-corrected chi connectivity index (χ4v) is 1.90. The molecule has 0 aliphatic carbocycles. The van der Waals surface area contributed by atoms with Crippen LogP contribution in [0.2, 0.25) is 0 Å². The Bertz CT molecular complexity index is 665. The molecule has 7 nitrogen and oxygen atoms in total. The third-order valence-corrected chi connectivity index (χ3v) is 2.79. The maximum absolute atomic E-state index is 11.8. The van der Waals surface area contributed by atoms with E-state index in [0.29, 0.717) is 17.1 Å². The second kappa shape index (κ2) is 6.08. The second-order valence-electron chi connectivity index (χ2n) is 4.19. The lowest BCUT2D eigenvalue weighted by Gasteiger charge is -2.15. The van der Waals surface area contributed by atoms with Crippen molar-refractivity contribution >= 4 is 17.6 Å². The molecule has 2 aromatic rings. The number of carbonyl (C=O) groups excluding carboxylic acids is 2. The average molecular weight is 289 g/mol. The Morgan fingerprint density at radius 1 is 1.29 bits per heavy atom. The smallest absolute Gasteiger partial charge is 0.341 e. The summed E-state index contributed by atoms with van der Waals surface area (Å²) < 4.78 is 11.5. The zero-order chi connectivity index (χ0) is 15.4. The molecule has 0 fully saturated rings. The van der Waals surface area contributed by atoms with Crippen LogP contribution in [0.5, 0.6) is 5.75 Å². The number of rotatable bonds is 4. The largest absolute Gasteiger partial charge is 0.496 e. The van der Waals surface area contributed by atoms with Crippen LogP contribution in [-0.4, -0.2) is 35.9 Å². The number of ether oxygens (including phenoxy) is 2. The van der Waals surface area contributed by atoms with Gasteiger partial charge in [-0.05, 0) is 12.1 Å². The van der Waals surface area contributed by atoms with Crippen molar-refractivity contribution in [1.29, 1.82) is 0 Å². The molecule has 2 rings (SSSR count). The fraction of sp³-hybridized carbons (Fsp3) is 0.214. The number of esters is 1. The normalized spacial score (nSPS) is 10.0. The zero-order valence-corrected chi connectivity index (χ0v) is 11.9. The highest BCUT2D eigenvalue weighted by Gasteiger charge is 2.18. The lowest BCUT2D eigenvalue weighted by Crippen LogP contribution is -2.12. The van der Waals surface area contributed by atoms with Gasteiger partial charge in [0.25, 0.3) is 0 Å². The van der Waals surface area contributed by atoms with E-state index in [2.05, 4.69) is 10.4 Å². The summed E-state index contributed by atoms with van der Waals surface area (Å²) in [5, 5.41) is 6.80. The first-order valence-electron chi connectivity index (χ1n) is 6.14. The Morgan fingerprint density at radius 2 is 2.05 bits per heavy atom. The van der Waals surface area contributed by atoms with Gasteiger partial charge in [-0.25, -0.2) is 9.48 Å². The molecule has 0 atom stereocenters. The molecule has 0 aliphatic rings. The Hall–Kier alpha value is -2.83. The van der Waals surface area contributed by atoms with Crippen molar-refractivity contribution in [3.63, 3.8) is 0 Å². The molecule has 21 heavy (non-hydrogen) atoms. The summed E-state index contributed by atoms with van der Waals surface area (Å²) in [5.41, 5.74) is 1.27. The predicted molar refractivity (Wildman–Crippen MR) is 75.8 cm³/mol. The van der Waals surface area contributed by atoms with E-state index in [1.54, 1.807) is 30.6 Å². The number of hydrogen-bond acceptors (Lipinski definition) is 5. The predicted octanol–water partition coefficient (Wildman–Crippen LogP) is 1.63. The van der Waals surface area contributed by atoms with E-state index in [4.69, 9.17) is 9.47 Å². The van der Waals surface area contributed by atoms with Crippen molar-refractivity contribution in [2.75, 3.05) is 19.5 Å². The summed E-state index contributed by atoms with van der Waals surface area (Å²) in [5.74, 6) is -0.465. The Morgan fingerprint density at radius 3 is 2.57 bits per heavy atom. The van der Waals surface area contributed by atoms with Crippen molar-refractivity contribution in [3.8, 4) is 11.4 Å². The molecule has 0 unspecified atom stereocenters. The van der Waals surface area contributed by atoms with Gasteiger partial charge < -0.3 is 14.8 Å². The number of benzene rings is 1. The molecule has 1 aromatic carbocycles. The van der Waals surface area contributed by atoms with Gasteiger partial charge in [-0.1, -0.05) is 0 Å². The highest BCUT2D eigenvalue weighted by molar-refractivity contribution is 5.97. The number of carbonyl (C=O) groups is 2. The minimum absolute atomic E-state index is 0.240. The van der Waals surface area contributed by atoms with E-state index in [0.717, 1.165) is 0 Å². The Labute approximate surface area is 121 Å². The summed E-state index contributed by atoms with van der Waals surface area (Å²) in [4.78, 5) is 23.2. The molecule has 0 saturated carbocycles. The van der Waals surface area contributed by atoms with Crippen LogP contribution in [0.25, 0.3) is 5.69 Å². The number of nitrogens with zero attached hydrogens (tertiary/aromatic N) is 2. The monoisotopic (exact) mass is 289 g/mol. The SMILES string of the molecule is COC(=O)c1cc(-n2cccn2)c(NC(C)=O)cc1OC. The molecule has 1 heterocycles. The standard InChI is InChI=1S/C14H15N3O4/c1-9(18)16-11-8-13(20-2)10(14(19)21-3)7-12(11)17-6-4-5-15-17/h4-8H,1-3H3,(H,16,18). The van der Waals surface area contributed by atoms with Gasteiger partial charge in [0, 0.05) is 25.4 Å². The summed E-state index contributed by atoms with van der Waals surface area (Å²) in [6.45, 7) is 1.40. The summed E-state index contributed by atoms with van der Waals surface area (Å²) in [6, 6.07) is 4.85. The van der Waals surface area contributed by atoms with Gasteiger partial charge in [-0.3, -0.25) is 4.79 Å². The number of hydrogen-bond donors (Lipinski definition) is 1. The van der Waals surface area contributed by atoms with E-state index in [1.807, 2.05) is 0 Å². The van der Waals surface area contributed by atoms with Crippen LogP contribution < -0.4 is 10.1 Å². The molecule has 1 aromatic heterocycles. The minimum Gasteiger partial charge on any atom is -0.496 e. The quantitative estimate of drug-likeness (QED) is 0.865. The first kappa shape index (κ1) is 14.6. The van der Waals surface area contributed by atoms with Crippen LogP contribution in [0.1, 0.15) is 17.3 Å². The molecule has 110 valence electrons. The van der Waals surface area contributed by atoms with Gasteiger partial charge in [0.15, 0.2) is 0 Å². The zero-order valence-electron chi connectivity index (χ0n) is 11.9. The first-order chi connectivity index (χ1) is 10.1. The first-order valence-corrected chi connectivity index (χ1v) is 6.14. The number of anilines is 1. The maximum atomic E-state index is 11.8. The summed E-state index contributed by atoms with van der Waals surface area (Å²) in [7, 11) is 2.73. The Balaban J connectivity index is 2.64. The number of aromatic nitrogens is 2. The third kappa shape index (κ3) is 3.02. The summed E-state index contributed by atoms with van der Waals surface area (Å²) in [6.07, 6.45) is 3.30. The van der Waals surface area contributed by atoms with E-state index in [9.17, 15) is 9.59 Å². The van der Waals surface area contributed by atoms with E-state index in [1.165, 1.54) is 25.8 Å². The highest BCUT2D eigenvalue weighted by atomic mass is 16.5. The van der Waals surface area contributed by atoms with Gasteiger partial charge in [-0.15, -0.1) is 0 Å². The van der Waals surface area contributed by atoms with Gasteiger partial charge in [0.2, 0.25) is 5.91 Å². The topological polar surface area (TPSA) is 82.5 Å². The van der Waals surface area contributed by atoms with E-state index < -0.39 is 5.97 Å². The van der Waals surface area contributed by atoms with Crippen molar-refractivity contribution in [2.45, 2.75) is 6.92 Å². The highest BCUT2D eigenvalue weighted by Crippen LogP contribution is 2.30. The molecule has 7 heteroatoms. The van der Waals surface area contributed by atoms with Crippen molar-refractivity contribution < 1.29 is 19.1 Å².